The Balaban J connectivity index is 2.11. The van der Waals surface area contributed by atoms with Crippen LogP contribution in [-0.2, 0) is 10.9 Å². The van der Waals surface area contributed by atoms with Crippen molar-refractivity contribution in [1.82, 2.24) is 5.32 Å². The molecule has 5 nitrogen and oxygen atoms in total. The van der Waals surface area contributed by atoms with Crippen molar-refractivity contribution in [3.8, 4) is 0 Å². The van der Waals surface area contributed by atoms with E-state index in [-0.39, 0.29) is 11.8 Å². The molecule has 0 radical (unpaired) electrons. The van der Waals surface area contributed by atoms with Gasteiger partial charge >= 0.3 is 6.18 Å². The van der Waals surface area contributed by atoms with Gasteiger partial charge in [-0.1, -0.05) is 0 Å². The summed E-state index contributed by atoms with van der Waals surface area (Å²) < 4.78 is 44.2. The van der Waals surface area contributed by atoms with Gasteiger partial charge in [-0.25, -0.2) is 0 Å². The first-order valence-electron chi connectivity index (χ1n) is 6.45. The smallest absolute Gasteiger partial charge is 0.382 e. The monoisotopic (exact) mass is 303 g/mol. The van der Waals surface area contributed by atoms with Crippen molar-refractivity contribution in [2.24, 2.45) is 5.73 Å². The van der Waals surface area contributed by atoms with Gasteiger partial charge in [0.15, 0.2) is 0 Å². The van der Waals surface area contributed by atoms with E-state index >= 15 is 0 Å². The average Bonchev–Trinajstić information content (AvgIpc) is 2.45. The highest BCUT2D eigenvalue weighted by Crippen LogP contribution is 2.33. The molecule has 1 aliphatic heterocycles. The number of nitrogens with one attached hydrogen (secondary N) is 2. The first-order valence-corrected chi connectivity index (χ1v) is 6.45. The molecule has 1 amide bonds. The van der Waals surface area contributed by atoms with Crippen LogP contribution in [0.2, 0.25) is 0 Å². The Morgan fingerprint density at radius 2 is 2.24 bits per heavy atom. The molecule has 8 heteroatoms. The molecule has 1 heterocycles. The van der Waals surface area contributed by atoms with Gasteiger partial charge in [-0.15, -0.1) is 0 Å². The number of alkyl halides is 3. The number of nitrogens with two attached hydrogens (primary N) is 1. The minimum atomic E-state index is -4.63. The number of benzene rings is 1. The maximum Gasteiger partial charge on any atom is 0.417 e. The van der Waals surface area contributed by atoms with E-state index in [1.54, 1.807) is 0 Å². The zero-order valence-electron chi connectivity index (χ0n) is 11.2. The zero-order chi connectivity index (χ0) is 15.5. The van der Waals surface area contributed by atoms with Crippen molar-refractivity contribution in [2.75, 3.05) is 31.6 Å². The Kier molecular flexibility index (Phi) is 4.69. The van der Waals surface area contributed by atoms with E-state index < -0.39 is 23.2 Å². The lowest BCUT2D eigenvalue weighted by Gasteiger charge is -2.24. The first kappa shape index (κ1) is 15.6. The summed E-state index contributed by atoms with van der Waals surface area (Å²) in [5.41, 5.74) is 3.65. The highest BCUT2D eigenvalue weighted by atomic mass is 19.4. The van der Waals surface area contributed by atoms with Gasteiger partial charge in [0, 0.05) is 25.3 Å². The molecule has 116 valence electrons. The van der Waals surface area contributed by atoms with E-state index in [0.29, 0.717) is 19.7 Å². The molecule has 21 heavy (non-hydrogen) atoms. The maximum atomic E-state index is 12.9. The predicted octanol–water partition coefficient (Wildman–Crippen LogP) is 1.20. The molecule has 0 spiro atoms. The molecule has 4 N–H and O–H groups in total. The number of hydrogen-bond acceptors (Lipinski definition) is 4. The second kappa shape index (κ2) is 6.31. The standard InChI is InChI=1S/C13H16F3N3O2/c14-13(15,16)11-5-8(1-2-10(11)12(17)20)19-7-9-6-18-3-4-21-9/h1-2,5,9,18-19H,3-4,6-7H2,(H2,17,20). The van der Waals surface area contributed by atoms with Gasteiger partial charge in [0.05, 0.1) is 23.8 Å². The third kappa shape index (κ3) is 4.08. The van der Waals surface area contributed by atoms with Gasteiger partial charge < -0.3 is 21.1 Å². The maximum absolute atomic E-state index is 12.9. The number of rotatable bonds is 4. The van der Waals surface area contributed by atoms with E-state index in [4.69, 9.17) is 10.5 Å². The van der Waals surface area contributed by atoms with Crippen molar-refractivity contribution in [3.63, 3.8) is 0 Å². The molecular weight excluding hydrogens is 287 g/mol. The summed E-state index contributed by atoms with van der Waals surface area (Å²) in [6.07, 6.45) is -4.74. The summed E-state index contributed by atoms with van der Waals surface area (Å²) in [5, 5.41) is 6.00. The minimum Gasteiger partial charge on any atom is -0.382 e. The SMILES string of the molecule is NC(=O)c1ccc(NCC2CNCCO2)cc1C(F)(F)F. The summed E-state index contributed by atoms with van der Waals surface area (Å²) in [4.78, 5) is 11.1. The molecule has 1 unspecified atom stereocenters. The highest BCUT2D eigenvalue weighted by molar-refractivity contribution is 5.95. The molecule has 0 aliphatic carbocycles. The van der Waals surface area contributed by atoms with Gasteiger partial charge in [-0.3, -0.25) is 4.79 Å². The molecule has 2 rings (SSSR count). The number of amides is 1. The van der Waals surface area contributed by atoms with Crippen LogP contribution in [0.1, 0.15) is 15.9 Å². The van der Waals surface area contributed by atoms with Gasteiger partial charge in [0.1, 0.15) is 0 Å². The fraction of sp³-hybridized carbons (Fsp3) is 0.462. The molecule has 0 saturated carbocycles. The number of halogens is 3. The second-order valence-electron chi connectivity index (χ2n) is 4.70. The molecule has 1 aliphatic rings. The van der Waals surface area contributed by atoms with Crippen LogP contribution in [0.4, 0.5) is 18.9 Å². The fourth-order valence-electron chi connectivity index (χ4n) is 2.09. The summed E-state index contributed by atoms with van der Waals surface area (Å²) in [7, 11) is 0. The van der Waals surface area contributed by atoms with Crippen molar-refractivity contribution in [3.05, 3.63) is 29.3 Å². The minimum absolute atomic E-state index is 0.107. The van der Waals surface area contributed by atoms with Crippen LogP contribution in [0.25, 0.3) is 0 Å². The summed E-state index contributed by atoms with van der Waals surface area (Å²) in [5.74, 6) is -1.10. The van der Waals surface area contributed by atoms with E-state index in [9.17, 15) is 18.0 Å². The summed E-state index contributed by atoms with van der Waals surface area (Å²) >= 11 is 0. The molecule has 1 atom stereocenters. The number of carbonyl (C=O) groups is 1. The molecule has 0 aromatic heterocycles. The molecule has 1 aromatic carbocycles. The van der Waals surface area contributed by atoms with Gasteiger partial charge in [0.2, 0.25) is 5.91 Å². The number of hydrogen-bond donors (Lipinski definition) is 3. The van der Waals surface area contributed by atoms with Crippen molar-refractivity contribution < 1.29 is 22.7 Å². The van der Waals surface area contributed by atoms with E-state index in [1.165, 1.54) is 6.07 Å². The Bertz CT molecular complexity index is 514. The lowest BCUT2D eigenvalue weighted by Crippen LogP contribution is -2.42. The van der Waals surface area contributed by atoms with E-state index in [1.807, 2.05) is 0 Å². The Hall–Kier alpha value is -1.80. The predicted molar refractivity (Wildman–Crippen MR) is 71.1 cm³/mol. The van der Waals surface area contributed by atoms with Crippen LogP contribution in [0.5, 0.6) is 0 Å². The van der Waals surface area contributed by atoms with Crippen LogP contribution in [0, 0.1) is 0 Å². The first-order chi connectivity index (χ1) is 9.88. The molecule has 1 aromatic rings. The van der Waals surface area contributed by atoms with Crippen LogP contribution in [0.15, 0.2) is 18.2 Å². The summed E-state index contributed by atoms with van der Waals surface area (Å²) in [6.45, 7) is 2.35. The third-order valence-corrected chi connectivity index (χ3v) is 3.13. The Morgan fingerprint density at radius 3 is 2.81 bits per heavy atom. The highest BCUT2D eigenvalue weighted by Gasteiger charge is 2.35. The van der Waals surface area contributed by atoms with Crippen LogP contribution in [-0.4, -0.2) is 38.3 Å². The largest absolute Gasteiger partial charge is 0.417 e. The van der Waals surface area contributed by atoms with Crippen LogP contribution >= 0.6 is 0 Å². The third-order valence-electron chi connectivity index (χ3n) is 3.13. The topological polar surface area (TPSA) is 76.4 Å². The van der Waals surface area contributed by atoms with Gasteiger partial charge in [-0.05, 0) is 18.2 Å². The molecule has 0 bridgehead atoms. The average molecular weight is 303 g/mol. The quantitative estimate of drug-likeness (QED) is 0.781. The van der Waals surface area contributed by atoms with Crippen LogP contribution in [0.3, 0.4) is 0 Å². The number of ether oxygens (including phenoxy) is 1. The molecule has 1 fully saturated rings. The van der Waals surface area contributed by atoms with E-state index in [2.05, 4.69) is 10.6 Å². The second-order valence-corrected chi connectivity index (χ2v) is 4.70. The number of carbonyl (C=O) groups excluding carboxylic acids is 1. The van der Waals surface area contributed by atoms with Gasteiger partial charge in [-0.2, -0.15) is 13.2 Å². The number of anilines is 1. The fourth-order valence-corrected chi connectivity index (χ4v) is 2.09. The normalized spacial score (nSPS) is 19.3. The number of morpholine rings is 1. The number of primary amides is 1. The van der Waals surface area contributed by atoms with Crippen molar-refractivity contribution >= 4 is 11.6 Å². The van der Waals surface area contributed by atoms with Gasteiger partial charge in [0.25, 0.3) is 0 Å². The van der Waals surface area contributed by atoms with Crippen LogP contribution < -0.4 is 16.4 Å². The van der Waals surface area contributed by atoms with E-state index in [0.717, 1.165) is 18.7 Å². The molecule has 1 saturated heterocycles. The summed E-state index contributed by atoms with van der Waals surface area (Å²) in [6, 6.07) is 3.36. The van der Waals surface area contributed by atoms with Crippen molar-refractivity contribution in [2.45, 2.75) is 12.3 Å². The Labute approximate surface area is 119 Å². The Morgan fingerprint density at radius 1 is 1.48 bits per heavy atom. The lowest BCUT2D eigenvalue weighted by atomic mass is 10.1. The molecular formula is C13H16F3N3O2. The lowest BCUT2D eigenvalue weighted by molar-refractivity contribution is -0.137. The zero-order valence-corrected chi connectivity index (χ0v) is 11.2. The van der Waals surface area contributed by atoms with Crippen molar-refractivity contribution in [1.29, 1.82) is 0 Å².